The van der Waals surface area contributed by atoms with Gasteiger partial charge in [0.25, 0.3) is 0 Å². The molecule has 1 aromatic carbocycles. The molecule has 1 heterocycles. The van der Waals surface area contributed by atoms with Gasteiger partial charge in [-0.05, 0) is 44.9 Å². The quantitative estimate of drug-likeness (QED) is 0.714. The second-order valence-electron chi connectivity index (χ2n) is 7.08. The molecule has 1 aromatic rings. The Balaban J connectivity index is 1.83. The van der Waals surface area contributed by atoms with Crippen molar-refractivity contribution in [3.63, 3.8) is 0 Å². The number of carbonyl (C=O) groups is 1. The van der Waals surface area contributed by atoms with Crippen molar-refractivity contribution in [3.05, 3.63) is 28.8 Å². The third kappa shape index (κ3) is 3.95. The first-order valence-corrected chi connectivity index (χ1v) is 8.93. The van der Waals surface area contributed by atoms with Crippen molar-refractivity contribution in [3.8, 4) is 5.75 Å². The van der Waals surface area contributed by atoms with Crippen molar-refractivity contribution < 1.29 is 9.53 Å². The van der Waals surface area contributed by atoms with Gasteiger partial charge in [0.1, 0.15) is 11.5 Å². The lowest BCUT2D eigenvalue weighted by Gasteiger charge is -2.30. The average Bonchev–Trinajstić information content (AvgIpc) is 2.74. The number of aliphatic imine (C=N–C) groups is 1. The van der Waals surface area contributed by atoms with Gasteiger partial charge in [-0.3, -0.25) is 4.79 Å². The minimum Gasteiger partial charge on any atom is -0.466 e. The van der Waals surface area contributed by atoms with Gasteiger partial charge in [-0.2, -0.15) is 0 Å². The van der Waals surface area contributed by atoms with Gasteiger partial charge >= 0.3 is 0 Å². The molecule has 0 atom stereocenters. The molecule has 23 heavy (non-hydrogen) atoms. The van der Waals surface area contributed by atoms with E-state index in [0.717, 1.165) is 29.9 Å². The molecule has 1 aliphatic carbocycles. The van der Waals surface area contributed by atoms with Crippen LogP contribution in [0, 0.1) is 5.92 Å². The van der Waals surface area contributed by atoms with Crippen LogP contribution in [0.4, 0.5) is 0 Å². The summed E-state index contributed by atoms with van der Waals surface area (Å²) < 4.78 is 5.89. The SMILES string of the molecule is CC1(C)N=C(CC(=O)C2CCCCCC2)c2ccc(Cl)cc2O1. The number of rotatable bonds is 3. The van der Waals surface area contributed by atoms with E-state index in [4.69, 9.17) is 16.3 Å². The summed E-state index contributed by atoms with van der Waals surface area (Å²) in [6.45, 7) is 3.82. The van der Waals surface area contributed by atoms with Gasteiger partial charge < -0.3 is 4.74 Å². The smallest absolute Gasteiger partial charge is 0.194 e. The molecule has 0 saturated heterocycles. The summed E-state index contributed by atoms with van der Waals surface area (Å²) in [5.74, 6) is 1.24. The fourth-order valence-electron chi connectivity index (χ4n) is 3.54. The van der Waals surface area contributed by atoms with Crippen molar-refractivity contribution in [2.75, 3.05) is 0 Å². The molecule has 0 spiro atoms. The number of benzene rings is 1. The molecule has 0 unspecified atom stereocenters. The first-order valence-electron chi connectivity index (χ1n) is 8.55. The van der Waals surface area contributed by atoms with E-state index in [2.05, 4.69) is 4.99 Å². The molecule has 0 radical (unpaired) electrons. The summed E-state index contributed by atoms with van der Waals surface area (Å²) in [4.78, 5) is 17.4. The maximum absolute atomic E-state index is 12.8. The molecule has 0 N–H and O–H groups in total. The fourth-order valence-corrected chi connectivity index (χ4v) is 3.70. The normalized spacial score (nSPS) is 20.9. The number of ketones is 1. The van der Waals surface area contributed by atoms with E-state index >= 15 is 0 Å². The second kappa shape index (κ2) is 6.64. The molecule has 1 fully saturated rings. The van der Waals surface area contributed by atoms with Gasteiger partial charge in [-0.1, -0.05) is 37.3 Å². The Labute approximate surface area is 143 Å². The molecular weight excluding hydrogens is 310 g/mol. The number of ether oxygens (including phenoxy) is 1. The first kappa shape index (κ1) is 16.5. The largest absolute Gasteiger partial charge is 0.466 e. The van der Waals surface area contributed by atoms with Crippen LogP contribution in [0.2, 0.25) is 5.02 Å². The van der Waals surface area contributed by atoms with Crippen LogP contribution in [0.15, 0.2) is 23.2 Å². The number of nitrogens with zero attached hydrogens (tertiary/aromatic N) is 1. The van der Waals surface area contributed by atoms with E-state index < -0.39 is 5.72 Å². The van der Waals surface area contributed by atoms with Crippen LogP contribution in [0.1, 0.15) is 64.4 Å². The van der Waals surface area contributed by atoms with Crippen LogP contribution >= 0.6 is 11.6 Å². The second-order valence-corrected chi connectivity index (χ2v) is 7.52. The van der Waals surface area contributed by atoms with Crippen LogP contribution in [0.25, 0.3) is 0 Å². The minimum atomic E-state index is -0.656. The molecule has 3 nitrogen and oxygen atoms in total. The van der Waals surface area contributed by atoms with Crippen LogP contribution in [-0.4, -0.2) is 17.2 Å². The maximum atomic E-state index is 12.8. The number of carbonyl (C=O) groups excluding carboxylic acids is 1. The molecule has 3 rings (SSSR count). The standard InChI is InChI=1S/C19H24ClNO2/c1-19(2)21-16(15-10-9-14(20)11-18(15)23-19)12-17(22)13-7-5-3-4-6-8-13/h9-11,13H,3-8,12H2,1-2H3. The molecular formula is C19H24ClNO2. The number of halogens is 1. The molecule has 0 bridgehead atoms. The van der Waals surface area contributed by atoms with Gasteiger partial charge in [-0.15, -0.1) is 0 Å². The number of Topliss-reactive ketones (excluding diaryl/α,β-unsaturated/α-hetero) is 1. The van der Waals surface area contributed by atoms with E-state index in [1.54, 1.807) is 0 Å². The van der Waals surface area contributed by atoms with Gasteiger partial charge in [0.15, 0.2) is 5.72 Å². The summed E-state index contributed by atoms with van der Waals surface area (Å²) in [6.07, 6.45) is 7.30. The molecule has 1 aliphatic heterocycles. The molecule has 124 valence electrons. The zero-order valence-electron chi connectivity index (χ0n) is 13.9. The van der Waals surface area contributed by atoms with Crippen LogP contribution in [0.5, 0.6) is 5.75 Å². The molecule has 2 aliphatic rings. The number of fused-ring (bicyclic) bond motifs is 1. The van der Waals surface area contributed by atoms with E-state index in [9.17, 15) is 4.79 Å². The summed E-state index contributed by atoms with van der Waals surface area (Å²) in [6, 6.07) is 5.54. The Morgan fingerprint density at radius 2 is 1.96 bits per heavy atom. The highest BCUT2D eigenvalue weighted by Crippen LogP contribution is 2.34. The summed E-state index contributed by atoms with van der Waals surface area (Å²) in [7, 11) is 0. The third-order valence-electron chi connectivity index (χ3n) is 4.67. The fraction of sp³-hybridized carbons (Fsp3) is 0.579. The van der Waals surface area contributed by atoms with E-state index in [1.807, 2.05) is 32.0 Å². The van der Waals surface area contributed by atoms with Gasteiger partial charge in [-0.25, -0.2) is 4.99 Å². The third-order valence-corrected chi connectivity index (χ3v) is 4.91. The zero-order valence-corrected chi connectivity index (χ0v) is 14.7. The number of hydrogen-bond acceptors (Lipinski definition) is 3. The topological polar surface area (TPSA) is 38.7 Å². The Bertz CT molecular complexity index is 628. The van der Waals surface area contributed by atoms with E-state index in [0.29, 0.717) is 17.2 Å². The van der Waals surface area contributed by atoms with Crippen LogP contribution in [0.3, 0.4) is 0 Å². The van der Waals surface area contributed by atoms with Crippen molar-refractivity contribution in [2.24, 2.45) is 10.9 Å². The predicted molar refractivity (Wildman–Crippen MR) is 93.5 cm³/mol. The monoisotopic (exact) mass is 333 g/mol. The molecule has 4 heteroatoms. The summed E-state index contributed by atoms with van der Waals surface area (Å²) in [5.41, 5.74) is 1.08. The molecule has 0 aromatic heterocycles. The first-order chi connectivity index (χ1) is 10.9. The predicted octanol–water partition coefficient (Wildman–Crippen LogP) is 5.19. The Kier molecular flexibility index (Phi) is 4.77. The van der Waals surface area contributed by atoms with Gasteiger partial charge in [0.05, 0.1) is 5.71 Å². The van der Waals surface area contributed by atoms with Crippen molar-refractivity contribution in [1.82, 2.24) is 0 Å². The van der Waals surface area contributed by atoms with Crippen LogP contribution < -0.4 is 4.74 Å². The molecule has 0 amide bonds. The van der Waals surface area contributed by atoms with E-state index in [-0.39, 0.29) is 5.92 Å². The summed E-state index contributed by atoms with van der Waals surface area (Å²) >= 11 is 6.08. The number of hydrogen-bond donors (Lipinski definition) is 0. The lowest BCUT2D eigenvalue weighted by atomic mass is 9.90. The lowest BCUT2D eigenvalue weighted by molar-refractivity contribution is -0.122. The summed E-state index contributed by atoms with van der Waals surface area (Å²) in [5, 5.41) is 0.635. The lowest BCUT2D eigenvalue weighted by Crippen LogP contribution is -2.33. The van der Waals surface area contributed by atoms with Crippen molar-refractivity contribution in [1.29, 1.82) is 0 Å². The van der Waals surface area contributed by atoms with Gasteiger partial charge in [0.2, 0.25) is 0 Å². The van der Waals surface area contributed by atoms with Crippen molar-refractivity contribution in [2.45, 2.75) is 64.5 Å². The Morgan fingerprint density at radius 3 is 2.65 bits per heavy atom. The van der Waals surface area contributed by atoms with Crippen molar-refractivity contribution >= 4 is 23.1 Å². The highest BCUT2D eigenvalue weighted by molar-refractivity contribution is 6.31. The van der Waals surface area contributed by atoms with Crippen LogP contribution in [-0.2, 0) is 4.79 Å². The zero-order chi connectivity index (χ0) is 16.4. The highest BCUT2D eigenvalue weighted by atomic mass is 35.5. The minimum absolute atomic E-state index is 0.196. The Morgan fingerprint density at radius 1 is 1.26 bits per heavy atom. The van der Waals surface area contributed by atoms with Gasteiger partial charge in [0, 0.05) is 22.9 Å². The maximum Gasteiger partial charge on any atom is 0.194 e. The van der Waals surface area contributed by atoms with E-state index in [1.165, 1.54) is 25.7 Å². The average molecular weight is 334 g/mol. The Hall–Kier alpha value is -1.35. The highest BCUT2D eigenvalue weighted by Gasteiger charge is 2.30. The molecule has 1 saturated carbocycles.